The molecule has 2 amide bonds. The lowest BCUT2D eigenvalue weighted by Gasteiger charge is -2.27. The molecule has 0 unspecified atom stereocenters. The third-order valence-electron chi connectivity index (χ3n) is 4.08. The fourth-order valence-electron chi connectivity index (χ4n) is 2.71. The van der Waals surface area contributed by atoms with E-state index in [1.54, 1.807) is 12.2 Å². The second-order valence-electron chi connectivity index (χ2n) is 6.01. The van der Waals surface area contributed by atoms with Crippen LogP contribution in [0.2, 0.25) is 0 Å². The first kappa shape index (κ1) is 17.8. The van der Waals surface area contributed by atoms with Gasteiger partial charge in [0.2, 0.25) is 0 Å². The largest absolute Gasteiger partial charge is 0.298 e. The van der Waals surface area contributed by atoms with E-state index in [2.05, 4.69) is 11.9 Å². The van der Waals surface area contributed by atoms with E-state index < -0.39 is 11.8 Å². The van der Waals surface area contributed by atoms with Gasteiger partial charge in [-0.3, -0.25) is 19.8 Å². The second kappa shape index (κ2) is 7.45. The van der Waals surface area contributed by atoms with E-state index in [4.69, 9.17) is 12.2 Å². The van der Waals surface area contributed by atoms with E-state index >= 15 is 0 Å². The lowest BCUT2D eigenvalue weighted by atomic mass is 10.0. The Bertz CT molecular complexity index is 929. The molecule has 4 nitrogen and oxygen atoms in total. The molecule has 0 aliphatic carbocycles. The van der Waals surface area contributed by atoms with Crippen LogP contribution in [0.15, 0.2) is 66.8 Å². The minimum atomic E-state index is -0.485. The van der Waals surface area contributed by atoms with Crippen LogP contribution in [0.4, 0.5) is 0 Å². The van der Waals surface area contributed by atoms with Gasteiger partial charge in [0.15, 0.2) is 5.11 Å². The number of rotatable bonds is 4. The summed E-state index contributed by atoms with van der Waals surface area (Å²) < 4.78 is 0. The Hall–Kier alpha value is -3.05. The molecule has 0 spiro atoms. The monoisotopic (exact) mass is 362 g/mol. The molecule has 1 saturated heterocycles. The molecular formula is C21H18N2O2S. The highest BCUT2D eigenvalue weighted by atomic mass is 32.1. The first-order valence-electron chi connectivity index (χ1n) is 8.16. The maximum absolute atomic E-state index is 12.6. The molecule has 1 aliphatic rings. The molecule has 0 radical (unpaired) electrons. The van der Waals surface area contributed by atoms with Crippen LogP contribution in [0, 0.1) is 6.92 Å². The Morgan fingerprint density at radius 1 is 1.12 bits per heavy atom. The smallest absolute Gasteiger partial charge is 0.265 e. The van der Waals surface area contributed by atoms with E-state index in [9.17, 15) is 9.59 Å². The normalized spacial score (nSPS) is 16.0. The highest BCUT2D eigenvalue weighted by molar-refractivity contribution is 7.80. The number of hydrogen-bond donors (Lipinski definition) is 1. The Balaban J connectivity index is 1.96. The number of nitrogens with one attached hydrogen (secondary N) is 1. The van der Waals surface area contributed by atoms with Crippen LogP contribution in [0.1, 0.15) is 11.1 Å². The Kier molecular flexibility index (Phi) is 5.09. The van der Waals surface area contributed by atoms with Gasteiger partial charge in [0.25, 0.3) is 11.8 Å². The first-order chi connectivity index (χ1) is 12.5. The fourth-order valence-corrected chi connectivity index (χ4v) is 2.96. The number of amides is 2. The molecule has 1 heterocycles. The highest BCUT2D eigenvalue weighted by Gasteiger charge is 2.32. The molecule has 0 aromatic heterocycles. The zero-order chi connectivity index (χ0) is 18.7. The van der Waals surface area contributed by atoms with E-state index in [-0.39, 0.29) is 17.2 Å². The first-order valence-corrected chi connectivity index (χ1v) is 8.57. The molecule has 1 fully saturated rings. The predicted octanol–water partition coefficient (Wildman–Crippen LogP) is 3.47. The van der Waals surface area contributed by atoms with Crippen molar-refractivity contribution in [2.24, 2.45) is 0 Å². The minimum Gasteiger partial charge on any atom is -0.298 e. The van der Waals surface area contributed by atoms with E-state index in [1.165, 1.54) is 10.5 Å². The van der Waals surface area contributed by atoms with E-state index in [1.807, 2.05) is 55.5 Å². The maximum atomic E-state index is 12.6. The van der Waals surface area contributed by atoms with Crippen LogP contribution >= 0.6 is 12.2 Å². The number of carbonyl (C=O) groups is 2. The zero-order valence-electron chi connectivity index (χ0n) is 14.4. The van der Waals surface area contributed by atoms with Crippen LogP contribution in [0.25, 0.3) is 17.2 Å². The average molecular weight is 362 g/mol. The van der Waals surface area contributed by atoms with Crippen molar-refractivity contribution < 1.29 is 9.59 Å². The molecular weight excluding hydrogens is 344 g/mol. The summed E-state index contributed by atoms with van der Waals surface area (Å²) in [6.45, 7) is 5.91. The molecule has 0 saturated carbocycles. The molecule has 0 bridgehead atoms. The summed E-state index contributed by atoms with van der Waals surface area (Å²) in [6.07, 6.45) is 3.16. The SMILES string of the molecule is C=CCN1C(=O)C(=Cc2cccc(-c3ccc(C)cc3)c2)C(=O)NC1=S. The molecule has 1 aliphatic heterocycles. The molecule has 130 valence electrons. The number of thiocarbonyl (C=S) groups is 1. The molecule has 5 heteroatoms. The van der Waals surface area contributed by atoms with Crippen LogP contribution in [-0.4, -0.2) is 28.4 Å². The average Bonchev–Trinajstić information content (AvgIpc) is 2.63. The number of aryl methyl sites for hydroxylation is 1. The number of hydrogen-bond acceptors (Lipinski definition) is 3. The summed E-state index contributed by atoms with van der Waals surface area (Å²) >= 11 is 5.06. The van der Waals surface area contributed by atoms with Crippen LogP contribution < -0.4 is 5.32 Å². The van der Waals surface area contributed by atoms with Gasteiger partial charge in [-0.05, 0) is 48.0 Å². The van der Waals surface area contributed by atoms with Gasteiger partial charge >= 0.3 is 0 Å². The highest BCUT2D eigenvalue weighted by Crippen LogP contribution is 2.23. The van der Waals surface area contributed by atoms with E-state index in [0.717, 1.165) is 16.7 Å². The second-order valence-corrected chi connectivity index (χ2v) is 6.40. The lowest BCUT2D eigenvalue weighted by Crippen LogP contribution is -2.53. The summed E-state index contributed by atoms with van der Waals surface area (Å²) in [4.78, 5) is 26.1. The van der Waals surface area contributed by atoms with Gasteiger partial charge in [-0.25, -0.2) is 0 Å². The minimum absolute atomic E-state index is 0.0570. The number of benzene rings is 2. The van der Waals surface area contributed by atoms with Crippen LogP contribution in [0.5, 0.6) is 0 Å². The third-order valence-corrected chi connectivity index (χ3v) is 4.40. The van der Waals surface area contributed by atoms with Crippen molar-refractivity contribution in [3.05, 3.63) is 77.9 Å². The van der Waals surface area contributed by atoms with Crippen LogP contribution in [0.3, 0.4) is 0 Å². The predicted molar refractivity (Wildman–Crippen MR) is 107 cm³/mol. The van der Waals surface area contributed by atoms with Gasteiger partial charge in [-0.15, -0.1) is 6.58 Å². The number of carbonyl (C=O) groups excluding carboxylic acids is 2. The summed E-state index contributed by atoms with van der Waals surface area (Å²) in [6, 6.07) is 15.9. The van der Waals surface area contributed by atoms with Gasteiger partial charge in [0.1, 0.15) is 5.57 Å². The number of nitrogens with zero attached hydrogens (tertiary/aromatic N) is 1. The summed E-state index contributed by atoms with van der Waals surface area (Å²) in [7, 11) is 0. The standard InChI is InChI=1S/C21H18N2O2S/c1-3-11-23-20(25)18(19(24)22-21(23)26)13-15-5-4-6-17(12-15)16-9-7-14(2)8-10-16/h3-10,12-13H,1,11H2,2H3,(H,22,24,26). The quantitative estimate of drug-likeness (QED) is 0.392. The Labute approximate surface area is 157 Å². The molecule has 3 rings (SSSR count). The van der Waals surface area contributed by atoms with Crippen molar-refractivity contribution in [3.63, 3.8) is 0 Å². The maximum Gasteiger partial charge on any atom is 0.265 e. The van der Waals surface area contributed by atoms with Gasteiger partial charge in [-0.2, -0.15) is 0 Å². The molecule has 2 aromatic carbocycles. The molecule has 26 heavy (non-hydrogen) atoms. The van der Waals surface area contributed by atoms with Crippen molar-refractivity contribution in [1.82, 2.24) is 10.2 Å². The Morgan fingerprint density at radius 3 is 2.54 bits per heavy atom. The molecule has 2 aromatic rings. The van der Waals surface area contributed by atoms with Crippen molar-refractivity contribution in [3.8, 4) is 11.1 Å². The van der Waals surface area contributed by atoms with Crippen molar-refractivity contribution in [2.75, 3.05) is 6.54 Å². The Morgan fingerprint density at radius 2 is 1.85 bits per heavy atom. The summed E-state index contributed by atoms with van der Waals surface area (Å²) in [5, 5.41) is 2.65. The molecule has 0 atom stereocenters. The summed E-state index contributed by atoms with van der Waals surface area (Å²) in [5.74, 6) is -0.902. The van der Waals surface area contributed by atoms with Crippen molar-refractivity contribution in [1.29, 1.82) is 0 Å². The topological polar surface area (TPSA) is 49.4 Å². The van der Waals surface area contributed by atoms with Gasteiger partial charge in [0, 0.05) is 6.54 Å². The molecule has 1 N–H and O–H groups in total. The van der Waals surface area contributed by atoms with E-state index in [0.29, 0.717) is 0 Å². The van der Waals surface area contributed by atoms with Crippen LogP contribution in [-0.2, 0) is 9.59 Å². The van der Waals surface area contributed by atoms with Crippen molar-refractivity contribution >= 4 is 35.2 Å². The van der Waals surface area contributed by atoms with Gasteiger partial charge < -0.3 is 0 Å². The van der Waals surface area contributed by atoms with Gasteiger partial charge in [-0.1, -0.05) is 54.1 Å². The lowest BCUT2D eigenvalue weighted by molar-refractivity contribution is -0.128. The fraction of sp³-hybridized carbons (Fsp3) is 0.0952. The summed E-state index contributed by atoms with van der Waals surface area (Å²) in [5.41, 5.74) is 4.11. The zero-order valence-corrected chi connectivity index (χ0v) is 15.2. The van der Waals surface area contributed by atoms with Crippen molar-refractivity contribution in [2.45, 2.75) is 6.92 Å². The third kappa shape index (κ3) is 3.63. The van der Waals surface area contributed by atoms with Gasteiger partial charge in [0.05, 0.1) is 0 Å².